The number of phenols is 1. The molecule has 14 heavy (non-hydrogen) atoms. The van der Waals surface area contributed by atoms with Gasteiger partial charge >= 0.3 is 0 Å². The first kappa shape index (κ1) is 9.40. The molecule has 1 atom stereocenters. The van der Waals surface area contributed by atoms with Crippen molar-refractivity contribution >= 4 is 0 Å². The SMILES string of the molecule is Oc1ccc([C@H]2CCCN2)c(F)c1F. The second-order valence-electron chi connectivity index (χ2n) is 3.45. The fraction of sp³-hybridized carbons (Fsp3) is 0.400. The normalized spacial score (nSPS) is 21.4. The van der Waals surface area contributed by atoms with E-state index in [1.807, 2.05) is 0 Å². The minimum Gasteiger partial charge on any atom is -0.505 e. The van der Waals surface area contributed by atoms with Crippen molar-refractivity contribution in [1.82, 2.24) is 5.32 Å². The topological polar surface area (TPSA) is 32.3 Å². The van der Waals surface area contributed by atoms with Crippen molar-refractivity contribution in [2.24, 2.45) is 0 Å². The predicted octanol–water partition coefficient (Wildman–Crippen LogP) is 2.09. The number of hydrogen-bond donors (Lipinski definition) is 2. The fourth-order valence-electron chi connectivity index (χ4n) is 1.77. The van der Waals surface area contributed by atoms with Crippen LogP contribution in [0.2, 0.25) is 0 Å². The summed E-state index contributed by atoms with van der Waals surface area (Å²) in [6, 6.07) is 2.50. The maximum atomic E-state index is 13.3. The molecule has 0 aliphatic carbocycles. The summed E-state index contributed by atoms with van der Waals surface area (Å²) in [5.41, 5.74) is 0.304. The third-order valence-electron chi connectivity index (χ3n) is 2.53. The van der Waals surface area contributed by atoms with Gasteiger partial charge in [-0.3, -0.25) is 0 Å². The van der Waals surface area contributed by atoms with Crippen LogP contribution in [0.5, 0.6) is 5.75 Å². The van der Waals surface area contributed by atoms with Crippen LogP contribution in [0.3, 0.4) is 0 Å². The third-order valence-corrected chi connectivity index (χ3v) is 2.53. The van der Waals surface area contributed by atoms with Crippen molar-refractivity contribution in [1.29, 1.82) is 0 Å². The summed E-state index contributed by atoms with van der Waals surface area (Å²) in [7, 11) is 0. The van der Waals surface area contributed by atoms with Gasteiger partial charge in [0, 0.05) is 11.6 Å². The fourth-order valence-corrected chi connectivity index (χ4v) is 1.77. The van der Waals surface area contributed by atoms with Crippen molar-refractivity contribution in [2.75, 3.05) is 6.54 Å². The van der Waals surface area contributed by atoms with Gasteiger partial charge < -0.3 is 10.4 Å². The lowest BCUT2D eigenvalue weighted by Crippen LogP contribution is -2.14. The maximum absolute atomic E-state index is 13.3. The lowest BCUT2D eigenvalue weighted by molar-refractivity contribution is 0.400. The Balaban J connectivity index is 2.38. The molecule has 0 amide bonds. The molecule has 1 aliphatic rings. The van der Waals surface area contributed by atoms with E-state index < -0.39 is 17.4 Å². The molecule has 0 unspecified atom stereocenters. The summed E-state index contributed by atoms with van der Waals surface area (Å²) in [6.45, 7) is 0.826. The van der Waals surface area contributed by atoms with Gasteiger partial charge in [0.05, 0.1) is 0 Å². The van der Waals surface area contributed by atoms with Crippen LogP contribution in [0.1, 0.15) is 24.4 Å². The Kier molecular flexibility index (Phi) is 2.37. The summed E-state index contributed by atoms with van der Waals surface area (Å²) in [6.07, 6.45) is 1.77. The number of rotatable bonds is 1. The van der Waals surface area contributed by atoms with Crippen LogP contribution in [-0.4, -0.2) is 11.7 Å². The van der Waals surface area contributed by atoms with Gasteiger partial charge in [-0.25, -0.2) is 4.39 Å². The van der Waals surface area contributed by atoms with Crippen LogP contribution in [0.15, 0.2) is 12.1 Å². The lowest BCUT2D eigenvalue weighted by Gasteiger charge is -2.12. The molecule has 1 fully saturated rings. The van der Waals surface area contributed by atoms with E-state index in [-0.39, 0.29) is 6.04 Å². The van der Waals surface area contributed by atoms with Gasteiger partial charge in [-0.15, -0.1) is 0 Å². The summed E-state index contributed by atoms with van der Waals surface area (Å²) >= 11 is 0. The monoisotopic (exact) mass is 199 g/mol. The Morgan fingerprint density at radius 1 is 1.29 bits per heavy atom. The smallest absolute Gasteiger partial charge is 0.200 e. The summed E-state index contributed by atoms with van der Waals surface area (Å²) < 4.78 is 26.3. The first-order valence-electron chi connectivity index (χ1n) is 4.60. The summed E-state index contributed by atoms with van der Waals surface area (Å²) in [4.78, 5) is 0. The first-order valence-corrected chi connectivity index (χ1v) is 4.60. The van der Waals surface area contributed by atoms with E-state index >= 15 is 0 Å². The first-order chi connectivity index (χ1) is 6.70. The highest BCUT2D eigenvalue weighted by molar-refractivity contribution is 5.32. The highest BCUT2D eigenvalue weighted by atomic mass is 19.2. The van der Waals surface area contributed by atoms with E-state index in [1.54, 1.807) is 0 Å². The quantitative estimate of drug-likeness (QED) is 0.725. The zero-order valence-electron chi connectivity index (χ0n) is 7.56. The van der Waals surface area contributed by atoms with Gasteiger partial charge in [-0.05, 0) is 25.5 Å². The largest absolute Gasteiger partial charge is 0.505 e. The van der Waals surface area contributed by atoms with Crippen LogP contribution in [0.4, 0.5) is 8.78 Å². The number of hydrogen-bond acceptors (Lipinski definition) is 2. The number of aromatic hydroxyl groups is 1. The van der Waals surface area contributed by atoms with E-state index in [1.165, 1.54) is 12.1 Å². The molecule has 0 bridgehead atoms. The van der Waals surface area contributed by atoms with Gasteiger partial charge in [0.25, 0.3) is 0 Å². The van der Waals surface area contributed by atoms with Crippen molar-refractivity contribution in [2.45, 2.75) is 18.9 Å². The molecule has 0 aromatic heterocycles. The van der Waals surface area contributed by atoms with Crippen LogP contribution in [0, 0.1) is 11.6 Å². The van der Waals surface area contributed by atoms with Crippen LogP contribution < -0.4 is 5.32 Å². The van der Waals surface area contributed by atoms with E-state index in [0.29, 0.717) is 5.56 Å². The van der Waals surface area contributed by atoms with E-state index in [0.717, 1.165) is 19.4 Å². The molecule has 2 nitrogen and oxygen atoms in total. The molecule has 1 aliphatic heterocycles. The molecule has 2 rings (SSSR count). The predicted molar refractivity (Wildman–Crippen MR) is 48.0 cm³/mol. The molecular formula is C10H11F2NO. The molecule has 1 saturated heterocycles. The van der Waals surface area contributed by atoms with Gasteiger partial charge in [-0.2, -0.15) is 4.39 Å². The van der Waals surface area contributed by atoms with Crippen LogP contribution in [-0.2, 0) is 0 Å². The Labute approximate surface area is 80.6 Å². The second kappa shape index (κ2) is 3.53. The van der Waals surface area contributed by atoms with E-state index in [9.17, 15) is 8.78 Å². The average molecular weight is 199 g/mol. The maximum Gasteiger partial charge on any atom is 0.200 e. The van der Waals surface area contributed by atoms with Crippen molar-refractivity contribution in [3.05, 3.63) is 29.3 Å². The zero-order valence-corrected chi connectivity index (χ0v) is 7.56. The Hall–Kier alpha value is -1.16. The van der Waals surface area contributed by atoms with Crippen molar-refractivity contribution in [3.8, 4) is 5.75 Å². The van der Waals surface area contributed by atoms with Crippen LogP contribution >= 0.6 is 0 Å². The average Bonchev–Trinajstić information content (AvgIpc) is 2.67. The molecule has 1 aromatic carbocycles. The van der Waals surface area contributed by atoms with Gasteiger partial charge in [0.2, 0.25) is 5.82 Å². The highest BCUT2D eigenvalue weighted by Gasteiger charge is 2.22. The Bertz CT molecular complexity index is 348. The standard InChI is InChI=1S/C10H11F2NO/c11-9-6(7-2-1-5-13-7)3-4-8(14)10(9)12/h3-4,7,13-14H,1-2,5H2/t7-/m1/s1. The van der Waals surface area contributed by atoms with Gasteiger partial charge in [0.15, 0.2) is 11.6 Å². The molecule has 0 radical (unpaired) electrons. The number of halogens is 2. The molecule has 0 spiro atoms. The molecule has 2 N–H and O–H groups in total. The Morgan fingerprint density at radius 3 is 2.71 bits per heavy atom. The van der Waals surface area contributed by atoms with E-state index in [2.05, 4.69) is 5.32 Å². The molecule has 4 heteroatoms. The summed E-state index contributed by atoms with van der Waals surface area (Å²) in [5.74, 6) is -2.73. The number of nitrogens with one attached hydrogen (secondary N) is 1. The molecule has 1 heterocycles. The van der Waals surface area contributed by atoms with Crippen LogP contribution in [0.25, 0.3) is 0 Å². The lowest BCUT2D eigenvalue weighted by atomic mass is 10.0. The minimum atomic E-state index is -1.16. The molecule has 0 saturated carbocycles. The zero-order chi connectivity index (χ0) is 10.1. The Morgan fingerprint density at radius 2 is 2.07 bits per heavy atom. The van der Waals surface area contributed by atoms with Crippen molar-refractivity contribution in [3.63, 3.8) is 0 Å². The minimum absolute atomic E-state index is 0.120. The third kappa shape index (κ3) is 1.46. The summed E-state index contributed by atoms with van der Waals surface area (Å²) in [5, 5.41) is 12.0. The van der Waals surface area contributed by atoms with Gasteiger partial charge in [0.1, 0.15) is 0 Å². The van der Waals surface area contributed by atoms with E-state index in [4.69, 9.17) is 5.11 Å². The second-order valence-corrected chi connectivity index (χ2v) is 3.45. The van der Waals surface area contributed by atoms with Crippen molar-refractivity contribution < 1.29 is 13.9 Å². The highest BCUT2D eigenvalue weighted by Crippen LogP contribution is 2.29. The molecule has 1 aromatic rings. The molecular weight excluding hydrogens is 188 g/mol. The number of benzene rings is 1. The number of phenolic OH excluding ortho intramolecular Hbond substituents is 1. The van der Waals surface area contributed by atoms with Gasteiger partial charge in [-0.1, -0.05) is 6.07 Å². The molecule has 76 valence electrons.